The third-order valence-electron chi connectivity index (χ3n) is 2.35. The van der Waals surface area contributed by atoms with E-state index in [0.29, 0.717) is 18.2 Å². The van der Waals surface area contributed by atoms with Gasteiger partial charge < -0.3 is 20.3 Å². The van der Waals surface area contributed by atoms with Gasteiger partial charge in [0.15, 0.2) is 11.6 Å². The Kier molecular flexibility index (Phi) is 5.18. The van der Waals surface area contributed by atoms with Crippen LogP contribution in [0, 0.1) is 0 Å². The van der Waals surface area contributed by atoms with Crippen molar-refractivity contribution < 1.29 is 14.9 Å². The van der Waals surface area contributed by atoms with Gasteiger partial charge in [-0.3, -0.25) is 0 Å². The summed E-state index contributed by atoms with van der Waals surface area (Å²) in [5.74, 6) is 1.16. The van der Waals surface area contributed by atoms with Crippen molar-refractivity contribution in [3.8, 4) is 5.75 Å². The summed E-state index contributed by atoms with van der Waals surface area (Å²) < 4.78 is 5.53. The van der Waals surface area contributed by atoms with Gasteiger partial charge in [-0.25, -0.2) is 4.98 Å². The molecular formula is C12H20N2O3. The molecule has 1 aromatic rings. The molecule has 0 saturated carbocycles. The van der Waals surface area contributed by atoms with Crippen molar-refractivity contribution in [3.63, 3.8) is 0 Å². The van der Waals surface area contributed by atoms with Gasteiger partial charge in [0.05, 0.1) is 25.4 Å². The maximum absolute atomic E-state index is 9.22. The number of hydrogen-bond acceptors (Lipinski definition) is 5. The van der Waals surface area contributed by atoms with E-state index in [1.165, 1.54) is 0 Å². The van der Waals surface area contributed by atoms with Gasteiger partial charge in [-0.05, 0) is 25.5 Å². The third-order valence-corrected chi connectivity index (χ3v) is 2.35. The third kappa shape index (κ3) is 3.87. The highest BCUT2D eigenvalue weighted by molar-refractivity contribution is 5.51. The Labute approximate surface area is 101 Å². The van der Waals surface area contributed by atoms with Crippen molar-refractivity contribution in [1.29, 1.82) is 0 Å². The van der Waals surface area contributed by atoms with Crippen LogP contribution in [0.25, 0.3) is 0 Å². The number of rotatable bonds is 7. The molecule has 0 unspecified atom stereocenters. The highest BCUT2D eigenvalue weighted by atomic mass is 16.5. The summed E-state index contributed by atoms with van der Waals surface area (Å²) >= 11 is 0. The molecule has 0 atom stereocenters. The molecule has 1 heterocycles. The SMILES string of the molecule is CCCOc1cccnc1NC(C)(CO)CO. The lowest BCUT2D eigenvalue weighted by atomic mass is 10.1. The predicted molar refractivity (Wildman–Crippen MR) is 66.2 cm³/mol. The molecule has 0 radical (unpaired) electrons. The van der Waals surface area contributed by atoms with Crippen LogP contribution in [0.4, 0.5) is 5.82 Å². The molecule has 5 heteroatoms. The molecule has 0 amide bonds. The normalized spacial score (nSPS) is 11.3. The number of hydrogen-bond donors (Lipinski definition) is 3. The van der Waals surface area contributed by atoms with Gasteiger partial charge in [0.25, 0.3) is 0 Å². The molecule has 5 nitrogen and oxygen atoms in total. The Morgan fingerprint density at radius 1 is 1.41 bits per heavy atom. The first kappa shape index (κ1) is 13.7. The Balaban J connectivity index is 2.82. The van der Waals surface area contributed by atoms with Crippen molar-refractivity contribution in [2.24, 2.45) is 0 Å². The zero-order chi connectivity index (χ0) is 12.7. The largest absolute Gasteiger partial charge is 0.490 e. The van der Waals surface area contributed by atoms with Crippen molar-refractivity contribution in [3.05, 3.63) is 18.3 Å². The van der Waals surface area contributed by atoms with Gasteiger partial charge in [-0.2, -0.15) is 0 Å². The van der Waals surface area contributed by atoms with Gasteiger partial charge in [-0.1, -0.05) is 6.92 Å². The number of aliphatic hydroxyl groups is 2. The molecule has 0 aliphatic rings. The fourth-order valence-electron chi connectivity index (χ4n) is 1.23. The highest BCUT2D eigenvalue weighted by Crippen LogP contribution is 2.24. The molecule has 96 valence electrons. The van der Waals surface area contributed by atoms with E-state index in [9.17, 15) is 10.2 Å². The summed E-state index contributed by atoms with van der Waals surface area (Å²) in [7, 11) is 0. The van der Waals surface area contributed by atoms with Gasteiger partial charge in [0.2, 0.25) is 0 Å². The summed E-state index contributed by atoms with van der Waals surface area (Å²) in [6.07, 6.45) is 2.54. The van der Waals surface area contributed by atoms with Crippen LogP contribution in [0.3, 0.4) is 0 Å². The van der Waals surface area contributed by atoms with Crippen molar-refractivity contribution in [2.45, 2.75) is 25.8 Å². The van der Waals surface area contributed by atoms with Crippen LogP contribution in [0.5, 0.6) is 5.75 Å². The number of ether oxygens (including phenoxy) is 1. The van der Waals surface area contributed by atoms with Crippen LogP contribution in [0.15, 0.2) is 18.3 Å². The smallest absolute Gasteiger partial charge is 0.169 e. The lowest BCUT2D eigenvalue weighted by Gasteiger charge is -2.27. The second-order valence-corrected chi connectivity index (χ2v) is 4.20. The van der Waals surface area contributed by atoms with Crippen LogP contribution in [0.1, 0.15) is 20.3 Å². The number of pyridine rings is 1. The van der Waals surface area contributed by atoms with Crippen LogP contribution in [-0.4, -0.2) is 40.6 Å². The molecule has 0 aliphatic carbocycles. The maximum Gasteiger partial charge on any atom is 0.169 e. The fraction of sp³-hybridized carbons (Fsp3) is 0.583. The van der Waals surface area contributed by atoms with Gasteiger partial charge in [0.1, 0.15) is 0 Å². The average Bonchev–Trinajstić information content (AvgIpc) is 2.37. The highest BCUT2D eigenvalue weighted by Gasteiger charge is 2.23. The quantitative estimate of drug-likeness (QED) is 0.663. The van der Waals surface area contributed by atoms with Gasteiger partial charge in [-0.15, -0.1) is 0 Å². The summed E-state index contributed by atoms with van der Waals surface area (Å²) in [5.41, 5.74) is -0.807. The minimum absolute atomic E-state index is 0.187. The minimum atomic E-state index is -0.807. The van der Waals surface area contributed by atoms with Crippen molar-refractivity contribution in [1.82, 2.24) is 4.98 Å². The van der Waals surface area contributed by atoms with E-state index in [-0.39, 0.29) is 13.2 Å². The second-order valence-electron chi connectivity index (χ2n) is 4.20. The molecule has 0 aromatic carbocycles. The molecular weight excluding hydrogens is 220 g/mol. The van der Waals surface area contributed by atoms with Crippen LogP contribution >= 0.6 is 0 Å². The Morgan fingerprint density at radius 2 is 2.12 bits per heavy atom. The lowest BCUT2D eigenvalue weighted by Crippen LogP contribution is -2.42. The first-order valence-corrected chi connectivity index (χ1v) is 5.73. The van der Waals surface area contributed by atoms with E-state index in [1.54, 1.807) is 25.3 Å². The number of aromatic nitrogens is 1. The number of nitrogens with one attached hydrogen (secondary N) is 1. The number of nitrogens with zero attached hydrogens (tertiary/aromatic N) is 1. The molecule has 0 aliphatic heterocycles. The van der Waals surface area contributed by atoms with E-state index in [2.05, 4.69) is 10.3 Å². The number of anilines is 1. The monoisotopic (exact) mass is 240 g/mol. The molecule has 0 saturated heterocycles. The van der Waals surface area contributed by atoms with E-state index in [4.69, 9.17) is 4.74 Å². The first-order valence-electron chi connectivity index (χ1n) is 5.73. The molecule has 3 N–H and O–H groups in total. The maximum atomic E-state index is 9.22. The van der Waals surface area contributed by atoms with E-state index in [1.807, 2.05) is 6.92 Å². The molecule has 1 rings (SSSR count). The summed E-state index contributed by atoms with van der Waals surface area (Å²) in [6.45, 7) is 3.97. The fourth-order valence-corrected chi connectivity index (χ4v) is 1.23. The molecule has 1 aromatic heterocycles. The van der Waals surface area contributed by atoms with E-state index in [0.717, 1.165) is 6.42 Å². The molecule has 0 bridgehead atoms. The standard InChI is InChI=1S/C12H20N2O3/c1-3-7-17-10-5-4-6-13-11(10)14-12(2,8-15)9-16/h4-6,15-16H,3,7-9H2,1-2H3,(H,13,14). The minimum Gasteiger partial charge on any atom is -0.490 e. The van der Waals surface area contributed by atoms with Gasteiger partial charge >= 0.3 is 0 Å². The number of aliphatic hydroxyl groups excluding tert-OH is 2. The lowest BCUT2D eigenvalue weighted by molar-refractivity contribution is 0.147. The van der Waals surface area contributed by atoms with Crippen LogP contribution < -0.4 is 10.1 Å². The summed E-state index contributed by atoms with van der Waals surface area (Å²) in [5, 5.41) is 21.4. The predicted octanol–water partition coefficient (Wildman–Crippen LogP) is 1.03. The van der Waals surface area contributed by atoms with Crippen molar-refractivity contribution in [2.75, 3.05) is 25.1 Å². The average molecular weight is 240 g/mol. The topological polar surface area (TPSA) is 74.6 Å². The zero-order valence-corrected chi connectivity index (χ0v) is 10.3. The zero-order valence-electron chi connectivity index (χ0n) is 10.3. The molecule has 0 fully saturated rings. The van der Waals surface area contributed by atoms with E-state index < -0.39 is 5.54 Å². The summed E-state index contributed by atoms with van der Waals surface area (Å²) in [6, 6.07) is 3.59. The van der Waals surface area contributed by atoms with E-state index >= 15 is 0 Å². The second kappa shape index (κ2) is 6.42. The molecule has 17 heavy (non-hydrogen) atoms. The first-order chi connectivity index (χ1) is 8.15. The Hall–Kier alpha value is -1.33. The van der Waals surface area contributed by atoms with Gasteiger partial charge in [0, 0.05) is 6.20 Å². The van der Waals surface area contributed by atoms with Crippen LogP contribution in [0.2, 0.25) is 0 Å². The van der Waals surface area contributed by atoms with Crippen molar-refractivity contribution >= 4 is 5.82 Å². The molecule has 0 spiro atoms. The Bertz CT molecular complexity index is 340. The van der Waals surface area contributed by atoms with Crippen LogP contribution in [-0.2, 0) is 0 Å². The Morgan fingerprint density at radius 3 is 2.71 bits per heavy atom. The summed E-state index contributed by atoms with van der Waals surface area (Å²) in [4.78, 5) is 4.15.